The number of halogens is 3. The monoisotopic (exact) mass is 219 g/mol. The lowest BCUT2D eigenvalue weighted by atomic mass is 10.2. The molecule has 1 atom stereocenters. The number of ether oxygens (including phenoxy) is 1. The number of hydrogen-bond donors (Lipinski definition) is 1. The highest BCUT2D eigenvalue weighted by molar-refractivity contribution is 5.35. The Morgan fingerprint density at radius 3 is 2.47 bits per heavy atom. The van der Waals surface area contributed by atoms with E-state index in [4.69, 9.17) is 10.5 Å². The largest absolute Gasteiger partial charge is 0.491 e. The van der Waals surface area contributed by atoms with E-state index in [1.165, 1.54) is 18.2 Å². The Hall–Kier alpha value is -1.23. The zero-order chi connectivity index (χ0) is 11.5. The molecule has 0 aliphatic heterocycles. The first kappa shape index (κ1) is 11.8. The van der Waals surface area contributed by atoms with Crippen molar-refractivity contribution in [3.05, 3.63) is 29.8 Å². The van der Waals surface area contributed by atoms with E-state index in [1.807, 2.05) is 0 Å². The van der Waals surface area contributed by atoms with Crippen molar-refractivity contribution in [3.63, 3.8) is 0 Å². The molecule has 0 aromatic heterocycles. The summed E-state index contributed by atoms with van der Waals surface area (Å²) in [6.45, 7) is 1.73. The van der Waals surface area contributed by atoms with Gasteiger partial charge in [-0.05, 0) is 19.1 Å². The minimum atomic E-state index is -4.39. The number of rotatable bonds is 3. The molecule has 0 saturated carbocycles. The summed E-state index contributed by atoms with van der Waals surface area (Å²) in [6.07, 6.45) is -4.39. The smallest absolute Gasteiger partial charge is 0.419 e. The van der Waals surface area contributed by atoms with Gasteiger partial charge in [0.25, 0.3) is 0 Å². The molecule has 1 aromatic carbocycles. The lowest BCUT2D eigenvalue weighted by Crippen LogP contribution is -2.24. The van der Waals surface area contributed by atoms with Gasteiger partial charge in [0.2, 0.25) is 0 Å². The maximum Gasteiger partial charge on any atom is 0.419 e. The second-order valence-corrected chi connectivity index (χ2v) is 3.28. The van der Waals surface area contributed by atoms with E-state index < -0.39 is 11.7 Å². The van der Waals surface area contributed by atoms with Crippen LogP contribution in [-0.4, -0.2) is 12.6 Å². The van der Waals surface area contributed by atoms with Gasteiger partial charge in [-0.2, -0.15) is 13.2 Å². The van der Waals surface area contributed by atoms with Crippen LogP contribution < -0.4 is 10.5 Å². The maximum absolute atomic E-state index is 12.5. The van der Waals surface area contributed by atoms with Gasteiger partial charge in [-0.25, -0.2) is 0 Å². The summed E-state index contributed by atoms with van der Waals surface area (Å²) in [5, 5.41) is 0. The van der Waals surface area contributed by atoms with Crippen molar-refractivity contribution in [3.8, 4) is 5.75 Å². The molecule has 0 aliphatic rings. The Balaban J connectivity index is 2.87. The Labute approximate surface area is 85.8 Å². The van der Waals surface area contributed by atoms with Crippen molar-refractivity contribution in [2.24, 2.45) is 5.73 Å². The van der Waals surface area contributed by atoms with Gasteiger partial charge in [0.15, 0.2) is 0 Å². The molecule has 1 aromatic rings. The number of hydrogen-bond acceptors (Lipinski definition) is 2. The third kappa shape index (κ3) is 3.43. The summed E-state index contributed by atoms with van der Waals surface area (Å²) >= 11 is 0. The summed E-state index contributed by atoms with van der Waals surface area (Å²) in [7, 11) is 0. The second kappa shape index (κ2) is 4.53. The van der Waals surface area contributed by atoms with Gasteiger partial charge < -0.3 is 10.5 Å². The van der Waals surface area contributed by atoms with E-state index in [9.17, 15) is 13.2 Å². The fourth-order valence-corrected chi connectivity index (χ4v) is 1.05. The highest BCUT2D eigenvalue weighted by atomic mass is 19.4. The van der Waals surface area contributed by atoms with Crippen LogP contribution in [0.1, 0.15) is 12.5 Å². The van der Waals surface area contributed by atoms with Crippen LogP contribution in [0, 0.1) is 0 Å². The third-order valence-corrected chi connectivity index (χ3v) is 1.69. The Morgan fingerprint density at radius 1 is 1.33 bits per heavy atom. The van der Waals surface area contributed by atoms with Crippen LogP contribution in [-0.2, 0) is 6.18 Å². The molecule has 0 radical (unpaired) electrons. The first-order chi connectivity index (χ1) is 6.91. The minimum absolute atomic E-state index is 0.0626. The van der Waals surface area contributed by atoms with Gasteiger partial charge in [-0.1, -0.05) is 12.1 Å². The van der Waals surface area contributed by atoms with Gasteiger partial charge >= 0.3 is 6.18 Å². The standard InChI is InChI=1S/C10H12F3NO/c1-7(14)6-15-9-5-3-2-4-8(9)10(11,12)13/h2-5,7H,6,14H2,1H3. The zero-order valence-electron chi connectivity index (χ0n) is 8.21. The van der Waals surface area contributed by atoms with E-state index in [-0.39, 0.29) is 18.4 Å². The van der Waals surface area contributed by atoms with Crippen LogP contribution in [0.15, 0.2) is 24.3 Å². The van der Waals surface area contributed by atoms with Crippen molar-refractivity contribution in [2.45, 2.75) is 19.1 Å². The molecule has 0 bridgehead atoms. The van der Waals surface area contributed by atoms with E-state index in [2.05, 4.69) is 0 Å². The maximum atomic E-state index is 12.5. The summed E-state index contributed by atoms with van der Waals surface area (Å²) in [6, 6.07) is 4.78. The van der Waals surface area contributed by atoms with Crippen LogP contribution in [0.2, 0.25) is 0 Å². The lowest BCUT2D eigenvalue weighted by Gasteiger charge is -2.14. The van der Waals surface area contributed by atoms with Gasteiger partial charge in [-0.3, -0.25) is 0 Å². The average Bonchev–Trinajstić information content (AvgIpc) is 2.13. The highest BCUT2D eigenvalue weighted by Crippen LogP contribution is 2.35. The molecule has 15 heavy (non-hydrogen) atoms. The van der Waals surface area contributed by atoms with Gasteiger partial charge in [0.05, 0.1) is 5.56 Å². The molecule has 0 heterocycles. The predicted molar refractivity (Wildman–Crippen MR) is 50.6 cm³/mol. The van der Waals surface area contributed by atoms with Crippen LogP contribution in [0.4, 0.5) is 13.2 Å². The van der Waals surface area contributed by atoms with Crippen molar-refractivity contribution in [2.75, 3.05) is 6.61 Å². The Morgan fingerprint density at radius 2 is 1.93 bits per heavy atom. The van der Waals surface area contributed by atoms with Crippen molar-refractivity contribution in [1.82, 2.24) is 0 Å². The van der Waals surface area contributed by atoms with E-state index in [1.54, 1.807) is 6.92 Å². The number of para-hydroxylation sites is 1. The van der Waals surface area contributed by atoms with Crippen molar-refractivity contribution < 1.29 is 17.9 Å². The second-order valence-electron chi connectivity index (χ2n) is 3.28. The summed E-state index contributed by atoms with van der Waals surface area (Å²) in [5.74, 6) is -0.178. The molecule has 2 N–H and O–H groups in total. The van der Waals surface area contributed by atoms with E-state index >= 15 is 0 Å². The van der Waals surface area contributed by atoms with Crippen LogP contribution >= 0.6 is 0 Å². The molecular formula is C10H12F3NO. The molecule has 1 unspecified atom stereocenters. The molecule has 0 spiro atoms. The quantitative estimate of drug-likeness (QED) is 0.847. The van der Waals surface area contributed by atoms with Gasteiger partial charge in [0.1, 0.15) is 12.4 Å². The summed E-state index contributed by atoms with van der Waals surface area (Å²) < 4.78 is 42.4. The first-order valence-corrected chi connectivity index (χ1v) is 4.46. The highest BCUT2D eigenvalue weighted by Gasteiger charge is 2.33. The number of benzene rings is 1. The first-order valence-electron chi connectivity index (χ1n) is 4.46. The Kier molecular flexibility index (Phi) is 3.57. The van der Waals surface area contributed by atoms with Crippen LogP contribution in [0.5, 0.6) is 5.75 Å². The fraction of sp³-hybridized carbons (Fsp3) is 0.400. The number of nitrogens with two attached hydrogens (primary N) is 1. The molecule has 0 aliphatic carbocycles. The molecule has 1 rings (SSSR count). The number of alkyl halides is 3. The summed E-state index contributed by atoms with van der Waals surface area (Å²) in [5.41, 5.74) is 4.62. The molecular weight excluding hydrogens is 207 g/mol. The van der Waals surface area contributed by atoms with E-state index in [0.717, 1.165) is 6.07 Å². The average molecular weight is 219 g/mol. The minimum Gasteiger partial charge on any atom is -0.491 e. The van der Waals surface area contributed by atoms with Gasteiger partial charge in [0, 0.05) is 6.04 Å². The molecule has 0 fully saturated rings. The normalized spacial score (nSPS) is 13.7. The predicted octanol–water partition coefficient (Wildman–Crippen LogP) is 2.43. The van der Waals surface area contributed by atoms with Gasteiger partial charge in [-0.15, -0.1) is 0 Å². The summed E-state index contributed by atoms with van der Waals surface area (Å²) in [4.78, 5) is 0. The molecule has 2 nitrogen and oxygen atoms in total. The Bertz CT molecular complexity index is 323. The lowest BCUT2D eigenvalue weighted by molar-refractivity contribution is -0.139. The van der Waals surface area contributed by atoms with Crippen molar-refractivity contribution >= 4 is 0 Å². The fourth-order valence-electron chi connectivity index (χ4n) is 1.05. The van der Waals surface area contributed by atoms with E-state index in [0.29, 0.717) is 0 Å². The zero-order valence-corrected chi connectivity index (χ0v) is 8.21. The van der Waals surface area contributed by atoms with Crippen molar-refractivity contribution in [1.29, 1.82) is 0 Å². The third-order valence-electron chi connectivity index (χ3n) is 1.69. The molecule has 0 saturated heterocycles. The molecule has 84 valence electrons. The topological polar surface area (TPSA) is 35.2 Å². The molecule has 0 amide bonds. The van der Waals surface area contributed by atoms with Crippen LogP contribution in [0.3, 0.4) is 0 Å². The van der Waals surface area contributed by atoms with Crippen LogP contribution in [0.25, 0.3) is 0 Å². The SMILES string of the molecule is CC(N)COc1ccccc1C(F)(F)F. The molecule has 5 heteroatoms.